The molecule has 0 amide bonds. The van der Waals surface area contributed by atoms with Gasteiger partial charge in [0, 0.05) is 17.8 Å². The largest absolute Gasteiger partial charge is 0.231 e. The molecule has 1 fully saturated rings. The molecule has 0 saturated heterocycles. The van der Waals surface area contributed by atoms with E-state index in [-0.39, 0.29) is 0 Å². The number of hydrogen-bond acceptors (Lipinski definition) is 2. The van der Waals surface area contributed by atoms with E-state index in [1.54, 1.807) is 0 Å². The zero-order valence-electron chi connectivity index (χ0n) is 7.54. The van der Waals surface area contributed by atoms with Gasteiger partial charge in [-0.15, -0.1) is 0 Å². The molecule has 0 atom stereocenters. The molecule has 2 nitrogen and oxygen atoms in total. The van der Waals surface area contributed by atoms with Crippen LogP contribution in [-0.2, 0) is 0 Å². The molecule has 1 saturated carbocycles. The van der Waals surface area contributed by atoms with Crippen LogP contribution in [0.4, 0.5) is 0 Å². The number of rotatable bonds is 1. The average molecular weight is 241 g/mol. The van der Waals surface area contributed by atoms with E-state index in [9.17, 15) is 0 Å². The van der Waals surface area contributed by atoms with Crippen LogP contribution in [0.15, 0.2) is 17.0 Å². The van der Waals surface area contributed by atoms with E-state index in [2.05, 4.69) is 25.9 Å². The maximum atomic E-state index is 4.40. The van der Waals surface area contributed by atoms with Crippen molar-refractivity contribution in [2.24, 2.45) is 0 Å². The predicted octanol–water partition coefficient (Wildman–Crippen LogP) is 3.29. The van der Waals surface area contributed by atoms with E-state index in [1.807, 2.05) is 12.3 Å². The summed E-state index contributed by atoms with van der Waals surface area (Å²) in [6.07, 6.45) is 8.52. The van der Waals surface area contributed by atoms with Crippen LogP contribution in [0.25, 0.3) is 0 Å². The Hall–Kier alpha value is -0.440. The Morgan fingerprint density at radius 2 is 2.00 bits per heavy atom. The molecule has 0 radical (unpaired) electrons. The van der Waals surface area contributed by atoms with E-state index in [1.165, 1.54) is 37.8 Å². The fraction of sp³-hybridized carbons (Fsp3) is 0.600. The maximum absolute atomic E-state index is 4.40. The van der Waals surface area contributed by atoms with Crippen LogP contribution < -0.4 is 0 Å². The smallest absolute Gasteiger partial charge is 0.196 e. The second kappa shape index (κ2) is 4.18. The number of hydrogen-bond donors (Lipinski definition) is 0. The van der Waals surface area contributed by atoms with Gasteiger partial charge in [0.1, 0.15) is 0 Å². The second-order valence-electron chi connectivity index (χ2n) is 3.59. The van der Waals surface area contributed by atoms with Crippen molar-refractivity contribution < 1.29 is 0 Å². The van der Waals surface area contributed by atoms with Gasteiger partial charge in [0.05, 0.1) is 0 Å². The molecule has 1 aromatic heterocycles. The van der Waals surface area contributed by atoms with Gasteiger partial charge >= 0.3 is 0 Å². The Balaban J connectivity index is 2.14. The van der Waals surface area contributed by atoms with E-state index in [0.717, 1.165) is 4.73 Å². The Labute approximate surface area is 86.9 Å². The first-order valence-electron chi connectivity index (χ1n) is 4.85. The summed E-state index contributed by atoms with van der Waals surface area (Å²) in [5.74, 6) is 0.674. The lowest BCUT2D eigenvalue weighted by atomic mass is 9.87. The minimum atomic E-state index is 0.674. The third-order valence-corrected chi connectivity index (χ3v) is 3.05. The van der Waals surface area contributed by atoms with Crippen LogP contribution in [0.2, 0.25) is 0 Å². The predicted molar refractivity (Wildman–Crippen MR) is 55.6 cm³/mol. The molecular formula is C10H13BrN2. The van der Waals surface area contributed by atoms with Crippen molar-refractivity contribution in [3.05, 3.63) is 22.7 Å². The highest BCUT2D eigenvalue weighted by atomic mass is 79.9. The quantitative estimate of drug-likeness (QED) is 0.705. The molecule has 1 aliphatic carbocycles. The van der Waals surface area contributed by atoms with Crippen LogP contribution in [0.3, 0.4) is 0 Å². The van der Waals surface area contributed by atoms with E-state index >= 15 is 0 Å². The summed E-state index contributed by atoms with van der Waals surface area (Å²) >= 11 is 3.31. The standard InChI is InChI=1S/C10H13BrN2/c11-10-12-7-6-9(13-10)8-4-2-1-3-5-8/h6-8H,1-5H2. The monoisotopic (exact) mass is 240 g/mol. The zero-order valence-corrected chi connectivity index (χ0v) is 9.13. The van der Waals surface area contributed by atoms with Gasteiger partial charge in [-0.2, -0.15) is 0 Å². The summed E-state index contributed by atoms with van der Waals surface area (Å²) in [6.45, 7) is 0. The summed E-state index contributed by atoms with van der Waals surface area (Å²) in [6, 6.07) is 2.04. The van der Waals surface area contributed by atoms with Crippen LogP contribution in [0, 0.1) is 0 Å². The van der Waals surface area contributed by atoms with E-state index in [4.69, 9.17) is 0 Å². The maximum Gasteiger partial charge on any atom is 0.196 e. The van der Waals surface area contributed by atoms with Gasteiger partial charge in [-0.1, -0.05) is 19.3 Å². The average Bonchev–Trinajstić information content (AvgIpc) is 2.19. The van der Waals surface area contributed by atoms with Crippen molar-refractivity contribution in [3.63, 3.8) is 0 Å². The van der Waals surface area contributed by atoms with Gasteiger partial charge in [-0.25, -0.2) is 9.97 Å². The summed E-state index contributed by atoms with van der Waals surface area (Å²) in [5.41, 5.74) is 1.21. The molecule has 0 N–H and O–H groups in total. The highest BCUT2D eigenvalue weighted by molar-refractivity contribution is 9.10. The van der Waals surface area contributed by atoms with E-state index < -0.39 is 0 Å². The highest BCUT2D eigenvalue weighted by Crippen LogP contribution is 2.31. The fourth-order valence-electron chi connectivity index (χ4n) is 1.97. The third-order valence-electron chi connectivity index (χ3n) is 2.67. The molecule has 70 valence electrons. The lowest BCUT2D eigenvalue weighted by molar-refractivity contribution is 0.435. The minimum Gasteiger partial charge on any atom is -0.231 e. The van der Waals surface area contributed by atoms with Crippen LogP contribution >= 0.6 is 15.9 Å². The van der Waals surface area contributed by atoms with Crippen molar-refractivity contribution in [1.29, 1.82) is 0 Å². The Bertz CT molecular complexity index is 282. The first kappa shape index (κ1) is 9.13. The number of halogens is 1. The molecule has 13 heavy (non-hydrogen) atoms. The van der Waals surface area contributed by atoms with Crippen LogP contribution in [0.1, 0.15) is 43.7 Å². The normalized spacial score (nSPS) is 18.8. The number of nitrogens with zero attached hydrogens (tertiary/aromatic N) is 2. The fourth-order valence-corrected chi connectivity index (χ4v) is 2.30. The molecule has 3 heteroatoms. The summed E-state index contributed by atoms with van der Waals surface area (Å²) < 4.78 is 0.718. The molecule has 0 aliphatic heterocycles. The summed E-state index contributed by atoms with van der Waals surface area (Å²) in [4.78, 5) is 8.44. The van der Waals surface area contributed by atoms with Gasteiger partial charge in [0.2, 0.25) is 0 Å². The van der Waals surface area contributed by atoms with Crippen LogP contribution in [0.5, 0.6) is 0 Å². The lowest BCUT2D eigenvalue weighted by Gasteiger charge is -2.20. The first-order valence-corrected chi connectivity index (χ1v) is 5.64. The summed E-state index contributed by atoms with van der Waals surface area (Å²) in [5, 5.41) is 0. The molecule has 0 bridgehead atoms. The Kier molecular flexibility index (Phi) is 2.94. The van der Waals surface area contributed by atoms with Crippen molar-refractivity contribution in [3.8, 4) is 0 Å². The molecule has 0 aromatic carbocycles. The van der Waals surface area contributed by atoms with Crippen molar-refractivity contribution in [1.82, 2.24) is 9.97 Å². The molecule has 1 heterocycles. The van der Waals surface area contributed by atoms with Gasteiger partial charge < -0.3 is 0 Å². The minimum absolute atomic E-state index is 0.674. The molecule has 1 aromatic rings. The Morgan fingerprint density at radius 3 is 2.69 bits per heavy atom. The molecule has 0 unspecified atom stereocenters. The van der Waals surface area contributed by atoms with Crippen molar-refractivity contribution in [2.75, 3.05) is 0 Å². The molecular weight excluding hydrogens is 228 g/mol. The molecule has 0 spiro atoms. The SMILES string of the molecule is Brc1nccc(C2CCCCC2)n1. The van der Waals surface area contributed by atoms with Crippen molar-refractivity contribution >= 4 is 15.9 Å². The third kappa shape index (κ3) is 2.27. The zero-order chi connectivity index (χ0) is 9.10. The van der Waals surface area contributed by atoms with Crippen LogP contribution in [-0.4, -0.2) is 9.97 Å². The Morgan fingerprint density at radius 1 is 1.23 bits per heavy atom. The molecule has 1 aliphatic rings. The first-order chi connectivity index (χ1) is 6.36. The van der Waals surface area contributed by atoms with Crippen molar-refractivity contribution in [2.45, 2.75) is 38.0 Å². The highest BCUT2D eigenvalue weighted by Gasteiger charge is 2.16. The van der Waals surface area contributed by atoms with Gasteiger partial charge in [0.15, 0.2) is 4.73 Å². The molecule has 2 rings (SSSR count). The van der Waals surface area contributed by atoms with Gasteiger partial charge in [0.25, 0.3) is 0 Å². The number of aromatic nitrogens is 2. The van der Waals surface area contributed by atoms with Gasteiger partial charge in [-0.3, -0.25) is 0 Å². The van der Waals surface area contributed by atoms with E-state index in [0.29, 0.717) is 5.92 Å². The summed E-state index contributed by atoms with van der Waals surface area (Å²) in [7, 11) is 0. The lowest BCUT2D eigenvalue weighted by Crippen LogP contribution is -2.06. The second-order valence-corrected chi connectivity index (χ2v) is 4.29. The topological polar surface area (TPSA) is 25.8 Å². The van der Waals surface area contributed by atoms with Gasteiger partial charge in [-0.05, 0) is 34.8 Å².